The Balaban J connectivity index is 0.00000214. The van der Waals surface area contributed by atoms with Gasteiger partial charge in [-0.15, -0.1) is 12.3 Å². The third kappa shape index (κ3) is 26.8. The second-order valence-electron chi connectivity index (χ2n) is 28.5. The molecule has 6 aliphatic rings. The summed E-state index contributed by atoms with van der Waals surface area (Å²) < 4.78 is 119. The minimum atomic E-state index is -1.34. The summed E-state index contributed by atoms with van der Waals surface area (Å²) in [7, 11) is 0. The van der Waals surface area contributed by atoms with Crippen molar-refractivity contribution in [2.24, 2.45) is 56.8 Å². The Hall–Kier alpha value is -8.90. The predicted molar refractivity (Wildman–Crippen MR) is 390 cm³/mol. The Labute approximate surface area is 660 Å². The van der Waals surface area contributed by atoms with Gasteiger partial charge in [-0.1, -0.05) is 155 Å². The highest BCUT2D eigenvalue weighted by Gasteiger charge is 2.57. The quantitative estimate of drug-likeness (QED) is 0.0107. The van der Waals surface area contributed by atoms with E-state index in [-0.39, 0.29) is 82.1 Å². The normalized spacial score (nSPS) is 34.8. The number of rotatable bonds is 32. The molecule has 0 radical (unpaired) electrons. The molecule has 0 N–H and O–H groups in total. The van der Waals surface area contributed by atoms with Crippen LogP contribution >= 0.6 is 0 Å². The van der Waals surface area contributed by atoms with Gasteiger partial charge in [-0.2, -0.15) is 28.8 Å². The van der Waals surface area contributed by atoms with E-state index in [2.05, 4.69) is 42.9 Å². The van der Waals surface area contributed by atoms with E-state index in [1.165, 1.54) is 20.8 Å². The number of hydrogen-bond donors (Lipinski definition) is 0. The Morgan fingerprint density at radius 3 is 0.982 bits per heavy atom. The van der Waals surface area contributed by atoms with Crippen molar-refractivity contribution < 1.29 is 128 Å². The van der Waals surface area contributed by atoms with E-state index in [4.69, 9.17) is 120 Å². The molecule has 0 aliphatic carbocycles. The second kappa shape index (κ2) is 48.5. The first-order chi connectivity index (χ1) is 54.8. The van der Waals surface area contributed by atoms with E-state index in [1.807, 2.05) is 139 Å². The molecular weight excluding hydrogens is 1490 g/mol. The number of unbranched alkanes of at least 4 members (excludes halogenated alkanes) is 1. The lowest BCUT2D eigenvalue weighted by Gasteiger charge is -2.52. The number of terminal acetylenes is 1. The van der Waals surface area contributed by atoms with Gasteiger partial charge in [0.05, 0.1) is 99.5 Å². The summed E-state index contributed by atoms with van der Waals surface area (Å²) in [6.07, 6.45) is -11.1. The zero-order chi connectivity index (χ0) is 83.6. The molecule has 0 aromatic heterocycles. The summed E-state index contributed by atoms with van der Waals surface area (Å²) >= 11 is 0. The van der Waals surface area contributed by atoms with Crippen LogP contribution in [0.2, 0.25) is 0 Å². The fraction of sp³-hybridized carbons (Fsp3) is 0.667. The number of nitrogens with zero attached hydrogens (tertiary/aromatic N) is 9. The topological polar surface area (TPSA) is 466 Å². The number of carbonyl (C=O) groups is 3. The average molecular weight is 1600 g/mol. The molecule has 0 bridgehead atoms. The van der Waals surface area contributed by atoms with Gasteiger partial charge >= 0.3 is 36.4 Å². The molecule has 0 amide bonds. The van der Waals surface area contributed by atoms with Gasteiger partial charge in [0.1, 0.15) is 50.3 Å². The van der Waals surface area contributed by atoms with Crippen molar-refractivity contribution in [3.05, 3.63) is 139 Å². The summed E-state index contributed by atoms with van der Waals surface area (Å²) in [6.45, 7) is 22.7. The second-order valence-corrected chi connectivity index (χ2v) is 28.5. The number of esters is 3. The van der Waals surface area contributed by atoms with Gasteiger partial charge < -0.3 is 85.3 Å². The summed E-state index contributed by atoms with van der Waals surface area (Å²) in [5.74, 6) is -2.75. The maximum Gasteiger partial charge on any atom is 0.373 e. The van der Waals surface area contributed by atoms with Gasteiger partial charge in [-0.3, -0.25) is 14.4 Å². The molecule has 3 aromatic carbocycles. The lowest BCUT2D eigenvalue weighted by Crippen LogP contribution is -2.64. The van der Waals surface area contributed by atoms with Gasteiger partial charge in [0, 0.05) is 65.6 Å². The highest BCUT2D eigenvalue weighted by atomic mass is 16.8. The van der Waals surface area contributed by atoms with Crippen LogP contribution in [-0.2, 0) is 148 Å². The largest absolute Gasteiger partial charge is 0.463 e. The fourth-order valence-electron chi connectivity index (χ4n) is 14.7. The van der Waals surface area contributed by atoms with Crippen molar-refractivity contribution in [3.63, 3.8) is 0 Å². The third-order valence-corrected chi connectivity index (χ3v) is 20.7. The van der Waals surface area contributed by atoms with Crippen LogP contribution in [0.4, 0.5) is 0 Å². The number of carbonyl (C=O) groups excluding carboxylic acids is 9. The van der Waals surface area contributed by atoms with Crippen LogP contribution in [-0.4, -0.2) is 204 Å². The molecular formula is C78H103N9O27. The minimum Gasteiger partial charge on any atom is -0.463 e. The minimum absolute atomic E-state index is 0.00216. The van der Waals surface area contributed by atoms with Crippen LogP contribution < -0.4 is 0 Å². The Morgan fingerprint density at radius 1 is 0.377 bits per heavy atom. The summed E-state index contributed by atoms with van der Waals surface area (Å²) in [5, 5.41) is 12.7. The molecule has 0 spiro atoms. The van der Waals surface area contributed by atoms with Gasteiger partial charge in [0.2, 0.25) is 0 Å². The van der Waals surface area contributed by atoms with Crippen LogP contribution in [0.5, 0.6) is 0 Å². The predicted octanol–water partition coefficient (Wildman–Crippen LogP) is 9.94. The number of benzene rings is 3. The van der Waals surface area contributed by atoms with Crippen molar-refractivity contribution in [2.45, 2.75) is 264 Å². The number of ether oxygens (including phenoxy) is 18. The molecule has 3 aromatic rings. The molecule has 9 rings (SSSR count). The third-order valence-electron chi connectivity index (χ3n) is 20.7. The Morgan fingerprint density at radius 2 is 0.667 bits per heavy atom. The van der Waals surface area contributed by atoms with Gasteiger partial charge in [0.25, 0.3) is 0 Å². The van der Waals surface area contributed by atoms with E-state index < -0.39 is 177 Å². The smallest absolute Gasteiger partial charge is 0.373 e. The van der Waals surface area contributed by atoms with Gasteiger partial charge in [-0.05, 0) is 78.2 Å². The summed E-state index contributed by atoms with van der Waals surface area (Å²) in [6, 6.07) is 25.9. The van der Waals surface area contributed by atoms with Crippen LogP contribution in [0, 0.1) is 53.8 Å². The van der Waals surface area contributed by atoms with Crippen molar-refractivity contribution in [2.75, 3.05) is 26.4 Å². The summed E-state index contributed by atoms with van der Waals surface area (Å²) in [5.41, 5.74) is 33.2. The highest BCUT2D eigenvalue weighted by molar-refractivity contribution is 5.66. The average Bonchev–Trinajstić information content (AvgIpc) is 0.769. The molecule has 6 aliphatic heterocycles. The Bertz CT molecular complexity index is 3720. The zero-order valence-electron chi connectivity index (χ0n) is 66.0. The SMILES string of the molecule is C#CCCCOC1OC(COC(C)=O)[C@@H](O[C@@H]2OC(C)[C@@H](O[C@@H]3OC(COC(C)=O)[C@@H](O[C@@H]4OC(C)[C@@H](O[C@@H]5OC(COC(C)=O)[C@@H](O[C@@H]6OC(C)[C@@H](C)[C@@H](OCc7ccccc7)C6C)[C@H](C)C5N=[N+]=[N-])[C@@H](OCc5ccccc5)C4C)[C@H](C)C3N=[N+]=[N-])[C@@H](OCc3ccccc3)C2C)[C@H](C)C1N=[N+]=[N-].O=C=O.O=C=O.O=C=O. The first kappa shape index (κ1) is 94.0. The monoisotopic (exact) mass is 1600 g/mol. The van der Waals surface area contributed by atoms with E-state index in [9.17, 15) is 31.0 Å². The lowest BCUT2D eigenvalue weighted by atomic mass is 9.85. The van der Waals surface area contributed by atoms with Crippen molar-refractivity contribution >= 4 is 36.4 Å². The van der Waals surface area contributed by atoms with Crippen LogP contribution in [0.3, 0.4) is 0 Å². The van der Waals surface area contributed by atoms with Crippen LogP contribution in [0.1, 0.15) is 120 Å². The highest BCUT2D eigenvalue weighted by Crippen LogP contribution is 2.44. The van der Waals surface area contributed by atoms with Crippen molar-refractivity contribution in [1.29, 1.82) is 0 Å². The van der Waals surface area contributed by atoms with E-state index in [0.717, 1.165) is 16.7 Å². The Kier molecular flexibility index (Phi) is 39.9. The molecule has 13 unspecified atom stereocenters. The molecule has 36 heteroatoms. The molecule has 30 atom stereocenters. The van der Waals surface area contributed by atoms with Gasteiger partial charge in [-0.25, -0.2) is 0 Å². The zero-order valence-corrected chi connectivity index (χ0v) is 66.0. The standard InChI is InChI=1S/C75H103N9O21.3CO2/c1-15-16-26-33-88-73-59(79-82-76)41(3)63(56(98-73)37-89-50(12)85)102-71-45(7)66(93-35-54-29-22-18-23-30-54)68(48(10)96-71)105-75-61(81-84-78)43(5)65(58(100-75)39-91-52(14)87)103-72-46(8)67(94-36-55-31-24-19-25-32-55)69(49(11)97-72)104-74-60(80-83-77)42(4)64(57(99-74)38-90-51(13)86)101-70-44(6)62(40(2)47(9)95-70)92-34-53-27-20-17-21-28-53;3*2-1-3/h1,17-25,27-32,40-49,56-75H,16,26,33-39H2,2-14H3;;;/t40-,41-,42-,43-,44?,45?,46?,47?,48?,49?,56?,57?,58?,59?,60?,61?,62-,63+,64+,65+,66+,67+,68-,69-,70+,71+,72+,73?,74+,75+;;;/m1.../s1. The molecule has 6 saturated heterocycles. The molecule has 6 heterocycles. The molecule has 0 saturated carbocycles. The van der Waals surface area contributed by atoms with E-state index in [1.54, 1.807) is 13.8 Å². The molecule has 36 nitrogen and oxygen atoms in total. The first-order valence-electron chi connectivity index (χ1n) is 37.5. The fourth-order valence-corrected chi connectivity index (χ4v) is 14.7. The van der Waals surface area contributed by atoms with Crippen LogP contribution in [0.15, 0.2) is 106 Å². The number of hydrogen-bond acceptors (Lipinski definition) is 30. The first-order valence-corrected chi connectivity index (χ1v) is 37.5. The maximum atomic E-state index is 12.8. The lowest BCUT2D eigenvalue weighted by molar-refractivity contribution is -0.370. The maximum absolute atomic E-state index is 12.8. The summed E-state index contributed by atoms with van der Waals surface area (Å²) in [4.78, 5) is 96.1. The molecule has 114 heavy (non-hydrogen) atoms. The number of azide groups is 3. The molecule has 622 valence electrons. The van der Waals surface area contributed by atoms with Crippen molar-refractivity contribution in [1.82, 2.24) is 0 Å². The van der Waals surface area contributed by atoms with Crippen molar-refractivity contribution in [3.8, 4) is 12.3 Å². The van der Waals surface area contributed by atoms with Crippen LogP contribution in [0.25, 0.3) is 31.3 Å². The van der Waals surface area contributed by atoms with E-state index >= 15 is 0 Å². The van der Waals surface area contributed by atoms with Gasteiger partial charge in [0.15, 0.2) is 37.7 Å². The molecule has 6 fully saturated rings. The van der Waals surface area contributed by atoms with E-state index in [0.29, 0.717) is 19.4 Å².